The van der Waals surface area contributed by atoms with Crippen LogP contribution in [-0.2, 0) is 14.6 Å². The molecular weight excluding hydrogens is 230 g/mol. The van der Waals surface area contributed by atoms with Gasteiger partial charge in [0.1, 0.15) is 6.04 Å². The van der Waals surface area contributed by atoms with Crippen molar-refractivity contribution in [1.82, 2.24) is 5.32 Å². The minimum Gasteiger partial charge on any atom is -0.480 e. The molecule has 2 N–H and O–H groups in total. The molecule has 2 atom stereocenters. The molecule has 2 unspecified atom stereocenters. The molecule has 1 rings (SSSR count). The number of nitrogens with one attached hydrogen (secondary N) is 1. The molecule has 1 fully saturated rings. The van der Waals surface area contributed by atoms with Crippen LogP contribution in [0.25, 0.3) is 0 Å². The Labute approximate surface area is 96.1 Å². The largest absolute Gasteiger partial charge is 0.480 e. The van der Waals surface area contributed by atoms with Crippen molar-refractivity contribution < 1.29 is 18.3 Å². The third-order valence-corrected chi connectivity index (χ3v) is 4.69. The predicted molar refractivity (Wildman–Crippen MR) is 61.1 cm³/mol. The second-order valence-corrected chi connectivity index (χ2v) is 6.59. The smallest absolute Gasteiger partial charge is 0.320 e. The third-order valence-electron chi connectivity index (χ3n) is 2.86. The van der Waals surface area contributed by atoms with Crippen molar-refractivity contribution in [2.75, 3.05) is 18.1 Å². The Hall–Kier alpha value is -0.620. The Morgan fingerprint density at radius 1 is 1.56 bits per heavy atom. The average Bonchev–Trinajstić information content (AvgIpc) is 2.52. The molecule has 5 nitrogen and oxygen atoms in total. The van der Waals surface area contributed by atoms with Crippen LogP contribution in [0.15, 0.2) is 0 Å². The molecule has 0 aromatic heterocycles. The van der Waals surface area contributed by atoms with E-state index in [-0.39, 0.29) is 17.4 Å². The summed E-state index contributed by atoms with van der Waals surface area (Å²) in [7, 11) is -2.86. The van der Waals surface area contributed by atoms with Gasteiger partial charge in [-0.25, -0.2) is 8.42 Å². The van der Waals surface area contributed by atoms with Crippen LogP contribution in [0.4, 0.5) is 0 Å². The maximum atomic E-state index is 11.2. The lowest BCUT2D eigenvalue weighted by Gasteiger charge is -2.15. The van der Waals surface area contributed by atoms with E-state index in [0.717, 1.165) is 6.42 Å². The number of carbonyl (C=O) groups is 1. The van der Waals surface area contributed by atoms with E-state index in [9.17, 15) is 13.2 Å². The van der Waals surface area contributed by atoms with E-state index < -0.39 is 21.8 Å². The van der Waals surface area contributed by atoms with Crippen molar-refractivity contribution >= 4 is 15.8 Å². The van der Waals surface area contributed by atoms with Crippen LogP contribution in [0.3, 0.4) is 0 Å². The minimum atomic E-state index is -2.86. The molecule has 1 aliphatic heterocycles. The summed E-state index contributed by atoms with van der Waals surface area (Å²) in [6.45, 7) is 2.41. The molecule has 6 heteroatoms. The lowest BCUT2D eigenvalue weighted by molar-refractivity contribution is -0.139. The molecule has 94 valence electrons. The molecule has 0 amide bonds. The maximum absolute atomic E-state index is 11.2. The number of hydrogen-bond acceptors (Lipinski definition) is 4. The minimum absolute atomic E-state index is 0.0729. The second-order valence-electron chi connectivity index (χ2n) is 4.36. The summed E-state index contributed by atoms with van der Waals surface area (Å²) in [6.07, 6.45) is 2.02. The van der Waals surface area contributed by atoms with Gasteiger partial charge in [0.2, 0.25) is 0 Å². The highest BCUT2D eigenvalue weighted by Crippen LogP contribution is 2.17. The van der Waals surface area contributed by atoms with E-state index in [0.29, 0.717) is 19.4 Å². The van der Waals surface area contributed by atoms with Crippen molar-refractivity contribution in [2.45, 2.75) is 32.2 Å². The summed E-state index contributed by atoms with van der Waals surface area (Å²) in [5, 5.41) is 11.8. The van der Waals surface area contributed by atoms with Crippen LogP contribution < -0.4 is 5.32 Å². The monoisotopic (exact) mass is 249 g/mol. The van der Waals surface area contributed by atoms with Crippen LogP contribution >= 0.6 is 0 Å². The molecule has 1 saturated heterocycles. The average molecular weight is 249 g/mol. The normalized spacial score (nSPS) is 25.4. The summed E-state index contributed by atoms with van der Waals surface area (Å²) in [4.78, 5) is 10.8. The van der Waals surface area contributed by atoms with Crippen LogP contribution in [0.1, 0.15) is 26.2 Å². The van der Waals surface area contributed by atoms with E-state index in [4.69, 9.17) is 5.11 Å². The topological polar surface area (TPSA) is 83.5 Å². The highest BCUT2D eigenvalue weighted by Gasteiger charge is 2.28. The first-order valence-electron chi connectivity index (χ1n) is 5.61. The summed E-state index contributed by atoms with van der Waals surface area (Å²) in [5.41, 5.74) is 0. The highest BCUT2D eigenvalue weighted by atomic mass is 32.2. The Morgan fingerprint density at radius 3 is 2.69 bits per heavy atom. The summed E-state index contributed by atoms with van der Waals surface area (Å²) < 4.78 is 22.4. The predicted octanol–water partition coefficient (Wildman–Crippen LogP) is 0.264. The highest BCUT2D eigenvalue weighted by molar-refractivity contribution is 7.91. The van der Waals surface area contributed by atoms with Crippen LogP contribution in [0.2, 0.25) is 0 Å². The van der Waals surface area contributed by atoms with Crippen molar-refractivity contribution in [2.24, 2.45) is 5.92 Å². The summed E-state index contributed by atoms with van der Waals surface area (Å²) >= 11 is 0. The fourth-order valence-electron chi connectivity index (χ4n) is 1.94. The van der Waals surface area contributed by atoms with Gasteiger partial charge in [0, 0.05) is 0 Å². The van der Waals surface area contributed by atoms with Gasteiger partial charge in [-0.3, -0.25) is 4.79 Å². The Morgan fingerprint density at radius 2 is 2.25 bits per heavy atom. The number of carboxylic acids is 1. The summed E-state index contributed by atoms with van der Waals surface area (Å²) in [6, 6.07) is -0.548. The van der Waals surface area contributed by atoms with Crippen molar-refractivity contribution in [3.63, 3.8) is 0 Å². The zero-order chi connectivity index (χ0) is 12.2. The molecule has 0 spiro atoms. The summed E-state index contributed by atoms with van der Waals surface area (Å²) in [5.74, 6) is -0.352. The molecule has 0 saturated carbocycles. The molecule has 1 aliphatic rings. The van der Waals surface area contributed by atoms with Gasteiger partial charge in [-0.15, -0.1) is 0 Å². The van der Waals surface area contributed by atoms with Crippen molar-refractivity contribution in [3.8, 4) is 0 Å². The number of aliphatic carboxylic acids is 1. The van der Waals surface area contributed by atoms with E-state index in [1.54, 1.807) is 0 Å². The van der Waals surface area contributed by atoms with Crippen LogP contribution in [-0.4, -0.2) is 43.6 Å². The molecule has 16 heavy (non-hydrogen) atoms. The van der Waals surface area contributed by atoms with E-state index in [1.807, 2.05) is 6.92 Å². The van der Waals surface area contributed by atoms with E-state index in [2.05, 4.69) is 5.32 Å². The van der Waals surface area contributed by atoms with Crippen LogP contribution in [0.5, 0.6) is 0 Å². The van der Waals surface area contributed by atoms with E-state index in [1.165, 1.54) is 0 Å². The first kappa shape index (κ1) is 13.4. The first-order chi connectivity index (χ1) is 7.44. The molecule has 0 aromatic carbocycles. The molecule has 0 radical (unpaired) electrons. The lowest BCUT2D eigenvalue weighted by Crippen LogP contribution is -2.39. The fourth-order valence-corrected chi connectivity index (χ4v) is 3.81. The number of hydrogen-bond donors (Lipinski definition) is 2. The SMILES string of the molecule is CCCC(NCC1CCS(=O)(=O)C1)C(=O)O. The number of sulfone groups is 1. The van der Waals surface area contributed by atoms with Gasteiger partial charge in [-0.05, 0) is 25.3 Å². The van der Waals surface area contributed by atoms with Gasteiger partial charge in [-0.2, -0.15) is 0 Å². The molecular formula is C10H19NO4S. The molecule has 0 aliphatic carbocycles. The van der Waals surface area contributed by atoms with Gasteiger partial charge in [0.25, 0.3) is 0 Å². The Kier molecular flexibility index (Phi) is 4.73. The van der Waals surface area contributed by atoms with Gasteiger partial charge < -0.3 is 10.4 Å². The fraction of sp³-hybridized carbons (Fsp3) is 0.900. The molecule has 0 bridgehead atoms. The zero-order valence-electron chi connectivity index (χ0n) is 9.48. The van der Waals surface area contributed by atoms with E-state index >= 15 is 0 Å². The van der Waals surface area contributed by atoms with Gasteiger partial charge in [0.05, 0.1) is 11.5 Å². The number of carboxylic acid groups (broad SMARTS) is 1. The third kappa shape index (κ3) is 4.09. The standard InChI is InChI=1S/C10H19NO4S/c1-2-3-9(10(12)13)11-6-8-4-5-16(14,15)7-8/h8-9,11H,2-7H2,1H3,(H,12,13). The number of rotatable bonds is 6. The second kappa shape index (κ2) is 5.63. The van der Waals surface area contributed by atoms with Crippen molar-refractivity contribution in [3.05, 3.63) is 0 Å². The maximum Gasteiger partial charge on any atom is 0.320 e. The van der Waals surface area contributed by atoms with Gasteiger partial charge >= 0.3 is 5.97 Å². The zero-order valence-corrected chi connectivity index (χ0v) is 10.3. The van der Waals surface area contributed by atoms with Gasteiger partial charge in [0.15, 0.2) is 9.84 Å². The quantitative estimate of drug-likeness (QED) is 0.705. The molecule has 0 aromatic rings. The Balaban J connectivity index is 2.36. The lowest BCUT2D eigenvalue weighted by atomic mass is 10.1. The van der Waals surface area contributed by atoms with Crippen LogP contribution in [0, 0.1) is 5.92 Å². The first-order valence-corrected chi connectivity index (χ1v) is 7.43. The van der Waals surface area contributed by atoms with Gasteiger partial charge in [-0.1, -0.05) is 13.3 Å². The van der Waals surface area contributed by atoms with Crippen molar-refractivity contribution in [1.29, 1.82) is 0 Å². The Bertz CT molecular complexity index is 339. The molecule has 1 heterocycles.